The summed E-state index contributed by atoms with van der Waals surface area (Å²) in [5, 5.41) is 3.91. The maximum absolute atomic E-state index is 11.5. The van der Waals surface area contributed by atoms with Crippen LogP contribution in [0.3, 0.4) is 0 Å². The molecule has 0 unspecified atom stereocenters. The van der Waals surface area contributed by atoms with Crippen LogP contribution in [0.25, 0.3) is 0 Å². The van der Waals surface area contributed by atoms with Gasteiger partial charge in [-0.25, -0.2) is 4.79 Å². The standard InChI is InChI=1S/C10H15N3O2S/c1-15-10(14)7-8(11)13-16-9(7)12-5-4-6-2-3-6/h6,12H,2-5H2,1H3,(H2,11,13). The summed E-state index contributed by atoms with van der Waals surface area (Å²) >= 11 is 1.20. The maximum Gasteiger partial charge on any atom is 0.344 e. The summed E-state index contributed by atoms with van der Waals surface area (Å²) in [6.45, 7) is 0.857. The first-order valence-electron chi connectivity index (χ1n) is 5.29. The minimum absolute atomic E-state index is 0.241. The van der Waals surface area contributed by atoms with Gasteiger partial charge >= 0.3 is 5.97 Å². The molecule has 0 saturated heterocycles. The number of methoxy groups -OCH3 is 1. The molecule has 88 valence electrons. The quantitative estimate of drug-likeness (QED) is 0.768. The van der Waals surface area contributed by atoms with Crippen molar-refractivity contribution in [3.63, 3.8) is 0 Å². The number of rotatable bonds is 5. The van der Waals surface area contributed by atoms with Crippen molar-refractivity contribution in [2.45, 2.75) is 19.3 Å². The first-order valence-corrected chi connectivity index (χ1v) is 6.07. The number of esters is 1. The zero-order valence-corrected chi connectivity index (χ0v) is 9.97. The summed E-state index contributed by atoms with van der Waals surface area (Å²) < 4.78 is 8.62. The molecule has 3 N–H and O–H groups in total. The van der Waals surface area contributed by atoms with Gasteiger partial charge in [0.05, 0.1) is 7.11 Å². The van der Waals surface area contributed by atoms with Gasteiger partial charge in [-0.2, -0.15) is 4.37 Å². The molecule has 1 heterocycles. The lowest BCUT2D eigenvalue weighted by Crippen LogP contribution is -2.09. The molecule has 0 amide bonds. The molecule has 1 aromatic rings. The summed E-state index contributed by atoms with van der Waals surface area (Å²) in [4.78, 5) is 11.5. The Labute approximate surface area is 98.1 Å². The van der Waals surface area contributed by atoms with Gasteiger partial charge in [0.15, 0.2) is 5.82 Å². The number of aromatic nitrogens is 1. The predicted octanol–water partition coefficient (Wildman–Crippen LogP) is 1.72. The topological polar surface area (TPSA) is 77.2 Å². The van der Waals surface area contributed by atoms with Gasteiger partial charge in [0.2, 0.25) is 0 Å². The molecule has 2 rings (SSSR count). The zero-order valence-electron chi connectivity index (χ0n) is 9.16. The molecule has 1 aliphatic rings. The molecule has 0 radical (unpaired) electrons. The van der Waals surface area contributed by atoms with E-state index < -0.39 is 5.97 Å². The molecule has 0 atom stereocenters. The molecule has 0 aliphatic heterocycles. The summed E-state index contributed by atoms with van der Waals surface area (Å²) in [5.74, 6) is 0.672. The van der Waals surface area contributed by atoms with Crippen LogP contribution < -0.4 is 11.1 Å². The van der Waals surface area contributed by atoms with E-state index in [9.17, 15) is 4.79 Å². The number of nitrogens with one attached hydrogen (secondary N) is 1. The van der Waals surface area contributed by atoms with E-state index in [1.807, 2.05) is 0 Å². The van der Waals surface area contributed by atoms with E-state index in [0.717, 1.165) is 18.9 Å². The molecule has 0 spiro atoms. The largest absolute Gasteiger partial charge is 0.465 e. The minimum Gasteiger partial charge on any atom is -0.465 e. The monoisotopic (exact) mass is 241 g/mol. The number of carbonyl (C=O) groups excluding carboxylic acids is 1. The fourth-order valence-corrected chi connectivity index (χ4v) is 2.25. The molecular weight excluding hydrogens is 226 g/mol. The zero-order chi connectivity index (χ0) is 11.5. The van der Waals surface area contributed by atoms with Crippen LogP contribution in [0.5, 0.6) is 0 Å². The molecule has 1 fully saturated rings. The van der Waals surface area contributed by atoms with Crippen LogP contribution in [0.2, 0.25) is 0 Å². The van der Waals surface area contributed by atoms with Gasteiger partial charge in [-0.05, 0) is 23.9 Å². The van der Waals surface area contributed by atoms with Crippen molar-refractivity contribution >= 4 is 28.3 Å². The third-order valence-electron chi connectivity index (χ3n) is 2.64. The van der Waals surface area contributed by atoms with Crippen molar-refractivity contribution < 1.29 is 9.53 Å². The van der Waals surface area contributed by atoms with E-state index in [-0.39, 0.29) is 5.82 Å². The summed E-state index contributed by atoms with van der Waals surface area (Å²) in [6, 6.07) is 0. The number of anilines is 2. The molecular formula is C10H15N3O2S. The van der Waals surface area contributed by atoms with Crippen molar-refractivity contribution in [2.24, 2.45) is 5.92 Å². The fourth-order valence-electron chi connectivity index (χ4n) is 1.52. The third-order valence-corrected chi connectivity index (χ3v) is 3.46. The minimum atomic E-state index is -0.430. The Morgan fingerprint density at radius 3 is 3.06 bits per heavy atom. The smallest absolute Gasteiger partial charge is 0.344 e. The lowest BCUT2D eigenvalue weighted by Gasteiger charge is -2.04. The van der Waals surface area contributed by atoms with Gasteiger partial charge in [0.1, 0.15) is 10.6 Å². The van der Waals surface area contributed by atoms with Crippen LogP contribution in [0.4, 0.5) is 10.8 Å². The average Bonchev–Trinajstić information content (AvgIpc) is 3.02. The molecule has 0 bridgehead atoms. The third kappa shape index (κ3) is 2.44. The summed E-state index contributed by atoms with van der Waals surface area (Å²) in [5.41, 5.74) is 5.98. The van der Waals surface area contributed by atoms with Gasteiger partial charge in [-0.15, -0.1) is 0 Å². The van der Waals surface area contributed by atoms with Crippen LogP contribution in [0.15, 0.2) is 0 Å². The molecule has 1 saturated carbocycles. The number of nitrogens with zero attached hydrogens (tertiary/aromatic N) is 1. The Kier molecular flexibility index (Phi) is 3.28. The average molecular weight is 241 g/mol. The van der Waals surface area contributed by atoms with E-state index in [1.165, 1.54) is 31.5 Å². The fraction of sp³-hybridized carbons (Fsp3) is 0.600. The van der Waals surface area contributed by atoms with Crippen molar-refractivity contribution in [3.05, 3.63) is 5.56 Å². The van der Waals surface area contributed by atoms with Gasteiger partial charge in [-0.3, -0.25) is 0 Å². The van der Waals surface area contributed by atoms with E-state index >= 15 is 0 Å². The van der Waals surface area contributed by atoms with E-state index in [0.29, 0.717) is 10.6 Å². The molecule has 5 nitrogen and oxygen atoms in total. The second-order valence-electron chi connectivity index (χ2n) is 3.92. The van der Waals surface area contributed by atoms with Gasteiger partial charge in [0, 0.05) is 6.54 Å². The molecule has 0 aromatic carbocycles. The Bertz CT molecular complexity index is 387. The highest BCUT2D eigenvalue weighted by molar-refractivity contribution is 7.11. The predicted molar refractivity (Wildman–Crippen MR) is 63.7 cm³/mol. The number of hydrogen-bond donors (Lipinski definition) is 2. The van der Waals surface area contributed by atoms with Crippen LogP contribution in [0.1, 0.15) is 29.6 Å². The number of ether oxygens (including phenoxy) is 1. The molecule has 1 aliphatic carbocycles. The van der Waals surface area contributed by atoms with Crippen LogP contribution in [0, 0.1) is 5.92 Å². The lowest BCUT2D eigenvalue weighted by molar-refractivity contribution is 0.0603. The van der Waals surface area contributed by atoms with Crippen LogP contribution in [-0.4, -0.2) is 24.0 Å². The van der Waals surface area contributed by atoms with E-state index in [2.05, 4.69) is 14.4 Å². The van der Waals surface area contributed by atoms with Crippen molar-refractivity contribution in [2.75, 3.05) is 24.7 Å². The van der Waals surface area contributed by atoms with Crippen molar-refractivity contribution in [3.8, 4) is 0 Å². The number of carbonyl (C=O) groups is 1. The summed E-state index contributed by atoms with van der Waals surface area (Å²) in [7, 11) is 1.34. The van der Waals surface area contributed by atoms with Crippen LogP contribution in [-0.2, 0) is 4.74 Å². The maximum atomic E-state index is 11.5. The van der Waals surface area contributed by atoms with E-state index in [4.69, 9.17) is 5.73 Å². The highest BCUT2D eigenvalue weighted by atomic mass is 32.1. The SMILES string of the molecule is COC(=O)c1c(N)nsc1NCCC1CC1. The Balaban J connectivity index is 1.98. The highest BCUT2D eigenvalue weighted by Crippen LogP contribution is 2.33. The highest BCUT2D eigenvalue weighted by Gasteiger charge is 2.22. The molecule has 6 heteroatoms. The van der Waals surface area contributed by atoms with E-state index in [1.54, 1.807) is 0 Å². The van der Waals surface area contributed by atoms with Gasteiger partial charge in [-0.1, -0.05) is 12.8 Å². The number of nitrogens with two attached hydrogens (primary N) is 1. The Morgan fingerprint density at radius 1 is 1.69 bits per heavy atom. The van der Waals surface area contributed by atoms with Crippen molar-refractivity contribution in [1.29, 1.82) is 0 Å². The number of hydrogen-bond acceptors (Lipinski definition) is 6. The van der Waals surface area contributed by atoms with Gasteiger partial charge in [0.25, 0.3) is 0 Å². The molecule has 16 heavy (non-hydrogen) atoms. The number of nitrogen functional groups attached to an aromatic ring is 1. The first-order chi connectivity index (χ1) is 7.72. The van der Waals surface area contributed by atoms with Crippen LogP contribution >= 0.6 is 11.5 Å². The summed E-state index contributed by atoms with van der Waals surface area (Å²) in [6.07, 6.45) is 3.80. The Morgan fingerprint density at radius 2 is 2.44 bits per heavy atom. The lowest BCUT2D eigenvalue weighted by atomic mass is 10.3. The second kappa shape index (κ2) is 4.69. The van der Waals surface area contributed by atoms with Crippen molar-refractivity contribution in [1.82, 2.24) is 4.37 Å². The second-order valence-corrected chi connectivity index (χ2v) is 4.70. The molecule has 1 aromatic heterocycles. The Hall–Kier alpha value is -1.30. The van der Waals surface area contributed by atoms with Gasteiger partial charge < -0.3 is 15.8 Å². The normalized spacial score (nSPS) is 14.8. The first kappa shape index (κ1) is 11.2.